The van der Waals surface area contributed by atoms with Crippen LogP contribution in [0, 0.1) is 0 Å². The van der Waals surface area contributed by atoms with Crippen molar-refractivity contribution in [3.63, 3.8) is 0 Å². The van der Waals surface area contributed by atoms with E-state index in [1.165, 1.54) is 19.3 Å². The number of ether oxygens (including phenoxy) is 1. The van der Waals surface area contributed by atoms with Gasteiger partial charge in [0.25, 0.3) is 0 Å². The molecule has 1 N–H and O–H groups in total. The van der Waals surface area contributed by atoms with Gasteiger partial charge in [-0.1, -0.05) is 22.0 Å². The molecule has 0 radical (unpaired) electrons. The molecule has 4 heteroatoms. The van der Waals surface area contributed by atoms with Crippen molar-refractivity contribution in [3.05, 3.63) is 28.7 Å². The third-order valence-electron chi connectivity index (χ3n) is 3.23. The molecule has 1 aliphatic carbocycles. The van der Waals surface area contributed by atoms with Gasteiger partial charge >= 0.3 is 0 Å². The van der Waals surface area contributed by atoms with E-state index in [4.69, 9.17) is 16.3 Å². The molecule has 1 aliphatic rings. The first-order valence-electron chi connectivity index (χ1n) is 5.93. The highest BCUT2D eigenvalue weighted by Gasteiger charge is 2.35. The Bertz CT molecular complexity index is 363. The van der Waals surface area contributed by atoms with E-state index in [2.05, 4.69) is 21.2 Å². The molecule has 0 atom stereocenters. The molecule has 1 aromatic carbocycles. The van der Waals surface area contributed by atoms with E-state index in [0.717, 1.165) is 16.8 Å². The molecule has 0 spiro atoms. The van der Waals surface area contributed by atoms with Crippen LogP contribution in [0.3, 0.4) is 0 Å². The molecule has 0 aliphatic heterocycles. The summed E-state index contributed by atoms with van der Waals surface area (Å²) in [7, 11) is 0. The van der Waals surface area contributed by atoms with E-state index < -0.39 is 0 Å². The quantitative estimate of drug-likeness (QED) is 0.639. The van der Waals surface area contributed by atoms with Gasteiger partial charge in [-0.2, -0.15) is 0 Å². The van der Waals surface area contributed by atoms with E-state index in [0.29, 0.717) is 12.5 Å². The second-order valence-electron chi connectivity index (χ2n) is 4.50. The van der Waals surface area contributed by atoms with Gasteiger partial charge in [0, 0.05) is 22.4 Å². The van der Waals surface area contributed by atoms with Crippen molar-refractivity contribution >= 4 is 27.5 Å². The highest BCUT2D eigenvalue weighted by molar-refractivity contribution is 9.10. The van der Waals surface area contributed by atoms with Crippen molar-refractivity contribution < 1.29 is 4.74 Å². The smallest absolute Gasteiger partial charge is 0.120 e. The van der Waals surface area contributed by atoms with Crippen LogP contribution in [0.4, 0.5) is 0 Å². The van der Waals surface area contributed by atoms with E-state index in [-0.39, 0.29) is 5.54 Å². The minimum absolute atomic E-state index is 0.183. The Morgan fingerprint density at radius 1 is 1.41 bits per heavy atom. The Hall–Kier alpha value is -0.250. The molecule has 94 valence electrons. The summed E-state index contributed by atoms with van der Waals surface area (Å²) in [6.07, 6.45) is 3.66. The standard InChI is InChI=1S/C13H17BrClNO/c14-11-3-1-4-12(9-11)17-8-7-16-13(10-15)5-2-6-13/h1,3-4,9,16H,2,5-8,10H2. The van der Waals surface area contributed by atoms with Crippen molar-refractivity contribution in [1.82, 2.24) is 5.32 Å². The molecule has 0 saturated heterocycles. The Morgan fingerprint density at radius 3 is 2.82 bits per heavy atom. The molecule has 0 bridgehead atoms. The second kappa shape index (κ2) is 6.07. The van der Waals surface area contributed by atoms with Crippen molar-refractivity contribution in [1.29, 1.82) is 0 Å². The lowest BCUT2D eigenvalue weighted by Crippen LogP contribution is -2.53. The molecular weight excluding hydrogens is 302 g/mol. The van der Waals surface area contributed by atoms with Gasteiger partial charge in [0.1, 0.15) is 12.4 Å². The summed E-state index contributed by atoms with van der Waals surface area (Å²) in [5, 5.41) is 3.50. The van der Waals surface area contributed by atoms with E-state index >= 15 is 0 Å². The second-order valence-corrected chi connectivity index (χ2v) is 5.68. The number of halogens is 2. The highest BCUT2D eigenvalue weighted by atomic mass is 79.9. The fraction of sp³-hybridized carbons (Fsp3) is 0.538. The van der Waals surface area contributed by atoms with Gasteiger partial charge in [0.15, 0.2) is 0 Å². The van der Waals surface area contributed by atoms with Gasteiger partial charge in [-0.05, 0) is 37.5 Å². The lowest BCUT2D eigenvalue weighted by atomic mass is 9.78. The number of benzene rings is 1. The lowest BCUT2D eigenvalue weighted by Gasteiger charge is -2.41. The van der Waals surface area contributed by atoms with Gasteiger partial charge in [0.2, 0.25) is 0 Å². The topological polar surface area (TPSA) is 21.3 Å². The molecule has 1 fully saturated rings. The van der Waals surface area contributed by atoms with Crippen molar-refractivity contribution in [2.24, 2.45) is 0 Å². The summed E-state index contributed by atoms with van der Waals surface area (Å²) in [6, 6.07) is 7.90. The minimum Gasteiger partial charge on any atom is -0.492 e. The highest BCUT2D eigenvalue weighted by Crippen LogP contribution is 2.32. The molecule has 17 heavy (non-hydrogen) atoms. The fourth-order valence-corrected chi connectivity index (χ4v) is 2.74. The van der Waals surface area contributed by atoms with Gasteiger partial charge in [-0.3, -0.25) is 0 Å². The zero-order chi connectivity index (χ0) is 12.1. The maximum absolute atomic E-state index is 5.97. The third kappa shape index (κ3) is 3.60. The van der Waals surface area contributed by atoms with Crippen LogP contribution >= 0.6 is 27.5 Å². The molecular formula is C13H17BrClNO. The maximum atomic E-state index is 5.97. The SMILES string of the molecule is ClCC1(NCCOc2cccc(Br)c2)CCC1. The van der Waals surface area contributed by atoms with Gasteiger partial charge in [-0.25, -0.2) is 0 Å². The normalized spacial score (nSPS) is 17.5. The average Bonchev–Trinajstić information content (AvgIpc) is 2.27. The first-order chi connectivity index (χ1) is 8.24. The number of hydrogen-bond acceptors (Lipinski definition) is 2. The zero-order valence-corrected chi connectivity index (χ0v) is 12.1. The Labute approximate surface area is 116 Å². The number of hydrogen-bond donors (Lipinski definition) is 1. The van der Waals surface area contributed by atoms with Crippen molar-refractivity contribution in [3.8, 4) is 5.75 Å². The lowest BCUT2D eigenvalue weighted by molar-refractivity contribution is 0.195. The summed E-state index contributed by atoms with van der Waals surface area (Å²) in [5.74, 6) is 1.60. The Kier molecular flexibility index (Phi) is 4.71. The van der Waals surface area contributed by atoms with E-state index in [1.807, 2.05) is 24.3 Å². The minimum atomic E-state index is 0.183. The van der Waals surface area contributed by atoms with Crippen LogP contribution in [0.1, 0.15) is 19.3 Å². The van der Waals surface area contributed by atoms with Crippen LogP contribution in [0.15, 0.2) is 28.7 Å². The van der Waals surface area contributed by atoms with Gasteiger partial charge in [0.05, 0.1) is 0 Å². The first-order valence-corrected chi connectivity index (χ1v) is 7.26. The van der Waals surface area contributed by atoms with E-state index in [9.17, 15) is 0 Å². The predicted octanol–water partition coefficient (Wildman–Crippen LogP) is 3.58. The first kappa shape index (κ1) is 13.2. The van der Waals surface area contributed by atoms with Crippen LogP contribution in [0.2, 0.25) is 0 Å². The summed E-state index contributed by atoms with van der Waals surface area (Å²) in [6.45, 7) is 1.52. The van der Waals surface area contributed by atoms with Crippen LogP contribution in [-0.2, 0) is 0 Å². The van der Waals surface area contributed by atoms with Crippen molar-refractivity contribution in [2.75, 3.05) is 19.0 Å². The summed E-state index contributed by atoms with van der Waals surface area (Å²) < 4.78 is 6.70. The molecule has 1 saturated carbocycles. The molecule has 2 nitrogen and oxygen atoms in total. The Balaban J connectivity index is 1.69. The number of alkyl halides is 1. The largest absolute Gasteiger partial charge is 0.492 e. The summed E-state index contributed by atoms with van der Waals surface area (Å²) in [4.78, 5) is 0. The third-order valence-corrected chi connectivity index (χ3v) is 4.24. The molecule has 0 heterocycles. The average molecular weight is 319 g/mol. The molecule has 0 unspecified atom stereocenters. The predicted molar refractivity (Wildman–Crippen MR) is 74.9 cm³/mol. The summed E-state index contributed by atoms with van der Waals surface area (Å²) in [5.41, 5.74) is 0.183. The molecule has 0 aromatic heterocycles. The number of rotatable bonds is 6. The van der Waals surface area contributed by atoms with Crippen LogP contribution in [0.25, 0.3) is 0 Å². The monoisotopic (exact) mass is 317 g/mol. The van der Waals surface area contributed by atoms with Gasteiger partial charge in [-0.15, -0.1) is 11.6 Å². The van der Waals surface area contributed by atoms with Crippen LogP contribution < -0.4 is 10.1 Å². The van der Waals surface area contributed by atoms with Crippen LogP contribution in [0.5, 0.6) is 5.75 Å². The van der Waals surface area contributed by atoms with Gasteiger partial charge < -0.3 is 10.1 Å². The zero-order valence-electron chi connectivity index (χ0n) is 9.72. The fourth-order valence-electron chi connectivity index (χ4n) is 2.00. The van der Waals surface area contributed by atoms with Crippen molar-refractivity contribution in [2.45, 2.75) is 24.8 Å². The molecule has 1 aromatic rings. The summed E-state index contributed by atoms with van der Waals surface area (Å²) >= 11 is 9.39. The van der Waals surface area contributed by atoms with Crippen LogP contribution in [-0.4, -0.2) is 24.6 Å². The molecule has 2 rings (SSSR count). The maximum Gasteiger partial charge on any atom is 0.120 e. The molecule has 0 amide bonds. The number of nitrogens with one attached hydrogen (secondary N) is 1. The Morgan fingerprint density at radius 2 is 2.24 bits per heavy atom. The van der Waals surface area contributed by atoms with E-state index in [1.54, 1.807) is 0 Å².